The Morgan fingerprint density at radius 2 is 1.95 bits per heavy atom. The number of nitrogens with zero attached hydrogens (tertiary/aromatic N) is 2. The lowest BCUT2D eigenvalue weighted by molar-refractivity contribution is -0.118. The molecule has 0 aliphatic carbocycles. The van der Waals surface area contributed by atoms with Gasteiger partial charge in [-0.05, 0) is 61.8 Å². The average molecular weight is 585 g/mol. The number of pyridine rings is 1. The molecule has 2 unspecified atom stereocenters. The predicted molar refractivity (Wildman–Crippen MR) is 163 cm³/mol. The second-order valence-electron chi connectivity index (χ2n) is 11.5. The molecule has 43 heavy (non-hydrogen) atoms. The number of benzene rings is 3. The van der Waals surface area contributed by atoms with Gasteiger partial charge in [0.25, 0.3) is 5.91 Å². The Morgan fingerprint density at radius 1 is 1.14 bits per heavy atom. The highest BCUT2D eigenvalue weighted by molar-refractivity contribution is 6.05. The summed E-state index contributed by atoms with van der Waals surface area (Å²) in [5.74, 6) is -1.34. The second kappa shape index (κ2) is 11.1. The van der Waals surface area contributed by atoms with Crippen LogP contribution in [0, 0.1) is 5.82 Å². The molecule has 222 valence electrons. The maximum atomic E-state index is 15.8. The molecule has 1 aromatic heterocycles. The number of halogens is 1. The van der Waals surface area contributed by atoms with Gasteiger partial charge in [0.05, 0.1) is 17.1 Å². The molecule has 3 aliphatic rings. The number of hydrogen-bond donors (Lipinski definition) is 4. The maximum absolute atomic E-state index is 15.8. The summed E-state index contributed by atoms with van der Waals surface area (Å²) < 4.78 is 23.8. The number of anilines is 1. The van der Waals surface area contributed by atoms with E-state index in [0.29, 0.717) is 37.1 Å². The number of amides is 2. The minimum Gasteiger partial charge on any atom is -0.451 e. The highest BCUT2D eigenvalue weighted by Crippen LogP contribution is 2.46. The number of rotatable bonds is 6. The number of fused-ring (bicyclic) bond motifs is 3. The van der Waals surface area contributed by atoms with Crippen molar-refractivity contribution in [3.05, 3.63) is 70.3 Å². The topological polar surface area (TPSA) is 117 Å². The van der Waals surface area contributed by atoms with Crippen LogP contribution in [-0.4, -0.2) is 73.1 Å². The van der Waals surface area contributed by atoms with E-state index in [1.165, 1.54) is 6.20 Å². The molecule has 3 aliphatic heterocycles. The zero-order valence-corrected chi connectivity index (χ0v) is 23.8. The minimum absolute atomic E-state index is 0.00931. The Bertz CT molecular complexity index is 1830. The fraction of sp³-hybridized carbons (Fsp3) is 0.344. The number of carbonyl (C=O) groups excluding carboxylic acids is 2. The summed E-state index contributed by atoms with van der Waals surface area (Å²) in [5.41, 5.74) is 0.0246. The Morgan fingerprint density at radius 3 is 2.70 bits per heavy atom. The molecule has 2 fully saturated rings. The van der Waals surface area contributed by atoms with E-state index in [1.807, 2.05) is 36.4 Å². The minimum atomic E-state index is -0.825. The molecule has 0 spiro atoms. The summed E-state index contributed by atoms with van der Waals surface area (Å²) >= 11 is 0. The quantitative estimate of drug-likeness (QED) is 0.242. The molecule has 0 bridgehead atoms. The molecule has 2 saturated heterocycles. The molecule has 10 nitrogen and oxygen atoms in total. The van der Waals surface area contributed by atoms with Crippen molar-refractivity contribution in [2.24, 2.45) is 0 Å². The van der Waals surface area contributed by atoms with Gasteiger partial charge in [0.1, 0.15) is 16.8 Å². The Labute approximate surface area is 247 Å². The number of hydrogen-bond acceptors (Lipinski definition) is 7. The van der Waals surface area contributed by atoms with Crippen LogP contribution in [0.1, 0.15) is 29.6 Å². The highest BCUT2D eigenvalue weighted by Gasteiger charge is 2.31. The van der Waals surface area contributed by atoms with E-state index in [1.54, 1.807) is 4.57 Å². The van der Waals surface area contributed by atoms with E-state index in [-0.39, 0.29) is 27.9 Å². The zero-order chi connectivity index (χ0) is 29.7. The van der Waals surface area contributed by atoms with Gasteiger partial charge >= 0.3 is 0 Å². The summed E-state index contributed by atoms with van der Waals surface area (Å²) in [6.07, 6.45) is 4.48. The van der Waals surface area contributed by atoms with Crippen molar-refractivity contribution in [1.29, 1.82) is 0 Å². The number of carbonyl (C=O) groups is 2. The van der Waals surface area contributed by atoms with Crippen molar-refractivity contribution in [2.75, 3.05) is 45.1 Å². The van der Waals surface area contributed by atoms with Gasteiger partial charge in [-0.15, -0.1) is 0 Å². The van der Waals surface area contributed by atoms with Crippen LogP contribution in [0.3, 0.4) is 0 Å². The molecule has 7 rings (SSSR count). The van der Waals surface area contributed by atoms with Crippen molar-refractivity contribution < 1.29 is 18.7 Å². The summed E-state index contributed by atoms with van der Waals surface area (Å²) in [6, 6.07) is 12.4. The van der Waals surface area contributed by atoms with Crippen LogP contribution in [0.25, 0.3) is 27.4 Å². The van der Waals surface area contributed by atoms with Gasteiger partial charge in [0.15, 0.2) is 17.3 Å². The van der Waals surface area contributed by atoms with E-state index in [9.17, 15) is 14.4 Å². The highest BCUT2D eigenvalue weighted by atomic mass is 19.1. The van der Waals surface area contributed by atoms with Crippen LogP contribution < -0.4 is 31.4 Å². The lowest BCUT2D eigenvalue weighted by Gasteiger charge is -2.28. The normalized spacial score (nSPS) is 19.7. The molecule has 3 aromatic carbocycles. The zero-order valence-electron chi connectivity index (χ0n) is 23.8. The summed E-state index contributed by atoms with van der Waals surface area (Å²) in [4.78, 5) is 42.5. The summed E-state index contributed by atoms with van der Waals surface area (Å²) in [5, 5.41) is 13.7. The van der Waals surface area contributed by atoms with Crippen molar-refractivity contribution in [1.82, 2.24) is 25.4 Å². The van der Waals surface area contributed by atoms with Gasteiger partial charge < -0.3 is 35.5 Å². The first kappa shape index (κ1) is 27.5. The lowest BCUT2D eigenvalue weighted by Crippen LogP contribution is -2.54. The van der Waals surface area contributed by atoms with Gasteiger partial charge in [-0.25, -0.2) is 4.39 Å². The standard InChI is InChI=1S/C32H33FN6O4/c1-38-12-4-7-20(38)8-9-36-31(41)22-17-39-25-13-18-5-2-3-6-19(18)14-26(25)43-30-27(23(33)15-21(28(30)39)29(22)40)37-32(42)24-16-34-10-11-35-24/h2-3,5-6,13-15,17,20,24,34-35H,4,7-12,16H2,1H3,(H,36,41)(H,37,42). The molecule has 4 heterocycles. The van der Waals surface area contributed by atoms with Gasteiger partial charge in [-0.1, -0.05) is 24.3 Å². The third-order valence-corrected chi connectivity index (χ3v) is 8.78. The first-order valence-electron chi connectivity index (χ1n) is 14.8. The Balaban J connectivity index is 1.33. The van der Waals surface area contributed by atoms with Crippen LogP contribution >= 0.6 is 0 Å². The van der Waals surface area contributed by atoms with E-state index in [4.69, 9.17) is 4.74 Å². The smallest absolute Gasteiger partial charge is 0.256 e. The fourth-order valence-electron chi connectivity index (χ4n) is 6.42. The van der Waals surface area contributed by atoms with Crippen molar-refractivity contribution >= 4 is 39.2 Å². The molecule has 4 aromatic rings. The van der Waals surface area contributed by atoms with Gasteiger partial charge in [-0.2, -0.15) is 0 Å². The second-order valence-corrected chi connectivity index (χ2v) is 11.5. The number of nitrogens with one attached hydrogen (secondary N) is 4. The van der Waals surface area contributed by atoms with Gasteiger partial charge in [-0.3, -0.25) is 14.4 Å². The Hall–Kier alpha value is -4.32. The van der Waals surface area contributed by atoms with Crippen LogP contribution in [0.15, 0.2) is 53.5 Å². The predicted octanol–water partition coefficient (Wildman–Crippen LogP) is 3.10. The fourth-order valence-corrected chi connectivity index (χ4v) is 6.42. The molecule has 0 saturated carbocycles. The number of aromatic nitrogens is 1. The summed E-state index contributed by atoms with van der Waals surface area (Å²) in [6.45, 7) is 3.18. The van der Waals surface area contributed by atoms with Crippen molar-refractivity contribution in [3.8, 4) is 17.2 Å². The third-order valence-electron chi connectivity index (χ3n) is 8.78. The molecular weight excluding hydrogens is 551 g/mol. The molecule has 0 radical (unpaired) electrons. The van der Waals surface area contributed by atoms with E-state index < -0.39 is 29.1 Å². The van der Waals surface area contributed by atoms with Crippen LogP contribution in [0.5, 0.6) is 11.5 Å². The Kier molecular flexibility index (Phi) is 7.08. The SMILES string of the molecule is CN1CCCC1CCNC(=O)c1cn2c3c(c(NC(=O)C4CNCCN4)c(F)cc3c1=O)Oc1cc3ccccc3cc1-2. The molecule has 2 atom stereocenters. The lowest BCUT2D eigenvalue weighted by atomic mass is 10.0. The molecule has 2 amide bonds. The van der Waals surface area contributed by atoms with Crippen molar-refractivity contribution in [3.63, 3.8) is 0 Å². The van der Waals surface area contributed by atoms with Gasteiger partial charge in [0.2, 0.25) is 11.3 Å². The number of ether oxygens (including phenoxy) is 1. The third kappa shape index (κ3) is 4.93. The monoisotopic (exact) mass is 584 g/mol. The van der Waals surface area contributed by atoms with E-state index in [0.717, 1.165) is 49.2 Å². The van der Waals surface area contributed by atoms with Gasteiger partial charge in [0, 0.05) is 38.4 Å². The van der Waals surface area contributed by atoms with E-state index >= 15 is 4.39 Å². The summed E-state index contributed by atoms with van der Waals surface area (Å²) in [7, 11) is 2.08. The molecule has 4 N–H and O–H groups in total. The molecule has 11 heteroatoms. The van der Waals surface area contributed by atoms with Crippen LogP contribution in [0.4, 0.5) is 10.1 Å². The number of piperazine rings is 1. The number of likely N-dealkylation sites (tertiary alicyclic amines) is 1. The van der Waals surface area contributed by atoms with E-state index in [2.05, 4.69) is 33.2 Å². The maximum Gasteiger partial charge on any atom is 0.256 e. The van der Waals surface area contributed by atoms with Crippen LogP contribution in [-0.2, 0) is 4.79 Å². The average Bonchev–Trinajstić information content (AvgIpc) is 3.43. The largest absolute Gasteiger partial charge is 0.451 e. The molecular formula is C32H33FN6O4. The first-order chi connectivity index (χ1) is 20.9. The van der Waals surface area contributed by atoms with Crippen molar-refractivity contribution in [2.45, 2.75) is 31.3 Å². The van der Waals surface area contributed by atoms with Crippen LogP contribution in [0.2, 0.25) is 0 Å². The first-order valence-corrected chi connectivity index (χ1v) is 14.8.